The van der Waals surface area contributed by atoms with E-state index in [4.69, 9.17) is 9.10 Å². The number of H-pyrrole nitrogens is 1. The normalized spacial score (nSPS) is 26.7. The molecule has 0 radical (unpaired) electrons. The second kappa shape index (κ2) is 7.44. The van der Waals surface area contributed by atoms with Crippen LogP contribution in [0.25, 0.3) is 11.0 Å². The van der Waals surface area contributed by atoms with E-state index in [0.29, 0.717) is 36.3 Å². The molecule has 2 fully saturated rings. The van der Waals surface area contributed by atoms with Crippen molar-refractivity contribution in [3.63, 3.8) is 0 Å². The maximum Gasteiger partial charge on any atom is 0.249 e. The fraction of sp³-hybridized carbons (Fsp3) is 0.632. The fourth-order valence-corrected chi connectivity index (χ4v) is 5.08. The summed E-state index contributed by atoms with van der Waals surface area (Å²) in [6.45, 7) is 2.45. The average Bonchev–Trinajstić information content (AvgIpc) is 3.12. The van der Waals surface area contributed by atoms with Gasteiger partial charge in [-0.25, -0.2) is 17.7 Å². The number of aromatic amines is 1. The number of hydrogen-bond donors (Lipinski definition) is 2. The third-order valence-corrected chi connectivity index (χ3v) is 7.00. The Bertz CT molecular complexity index is 1130. The Morgan fingerprint density at radius 3 is 2.68 bits per heavy atom. The zero-order valence-electron chi connectivity index (χ0n) is 18.8. The van der Waals surface area contributed by atoms with Crippen LogP contribution in [-0.2, 0) is 10.0 Å². The quantitative estimate of drug-likeness (QED) is 0.802. The van der Waals surface area contributed by atoms with Crippen LogP contribution < -0.4 is 10.9 Å². The van der Waals surface area contributed by atoms with E-state index < -0.39 is 16.2 Å². The molecular weight excluding hydrogens is 378 g/mol. The lowest BCUT2D eigenvalue weighted by atomic mass is 9.92. The maximum atomic E-state index is 12.2. The van der Waals surface area contributed by atoms with Crippen molar-refractivity contribution in [2.75, 3.05) is 24.6 Å². The van der Waals surface area contributed by atoms with Gasteiger partial charge >= 0.3 is 0 Å². The molecule has 0 bridgehead atoms. The van der Waals surface area contributed by atoms with Crippen LogP contribution >= 0.6 is 0 Å². The number of fused-ring (bicyclic) bond motifs is 1. The summed E-state index contributed by atoms with van der Waals surface area (Å²) in [7, 11) is -4.32. The molecule has 9 heteroatoms. The molecule has 1 saturated heterocycles. The van der Waals surface area contributed by atoms with Crippen LogP contribution in [0.4, 0.5) is 5.95 Å². The van der Waals surface area contributed by atoms with Gasteiger partial charge in [-0.3, -0.25) is 4.79 Å². The minimum atomic E-state index is -4.32. The topological polar surface area (TPSA) is 108 Å². The van der Waals surface area contributed by atoms with Crippen LogP contribution in [0.5, 0.6) is 0 Å². The highest BCUT2D eigenvalue weighted by Gasteiger charge is 2.29. The molecule has 0 unspecified atom stereocenters. The van der Waals surface area contributed by atoms with Crippen LogP contribution in [0.3, 0.4) is 0 Å². The second-order valence-electron chi connectivity index (χ2n) is 7.85. The van der Waals surface area contributed by atoms with E-state index in [0.717, 1.165) is 34.6 Å². The van der Waals surface area contributed by atoms with Gasteiger partial charge in [0.1, 0.15) is 5.65 Å². The van der Waals surface area contributed by atoms with Crippen molar-refractivity contribution >= 4 is 27.0 Å². The minimum absolute atomic E-state index is 0.0928. The molecule has 2 atom stereocenters. The van der Waals surface area contributed by atoms with E-state index in [1.807, 2.05) is 0 Å². The molecule has 2 N–H and O–H groups in total. The van der Waals surface area contributed by atoms with Crippen LogP contribution in [0.15, 0.2) is 16.9 Å². The first-order valence-corrected chi connectivity index (χ1v) is 11.2. The van der Waals surface area contributed by atoms with Gasteiger partial charge in [0, 0.05) is 40.6 Å². The summed E-state index contributed by atoms with van der Waals surface area (Å²) in [5, 5.41) is 4.13. The molecule has 0 aromatic carbocycles. The number of anilines is 1. The Hall–Kier alpha value is -2.00. The van der Waals surface area contributed by atoms with Crippen molar-refractivity contribution in [2.24, 2.45) is 5.92 Å². The minimum Gasteiger partial charge on any atom is -0.351 e. The number of nitrogens with one attached hydrogen (secondary N) is 2. The van der Waals surface area contributed by atoms with E-state index in [2.05, 4.69) is 22.2 Å². The molecule has 2 aromatic heterocycles. The SMILES string of the molecule is [2H]C([2H])([2H])S(=O)(=O)N1CCC(Nc2nc([C@@H]3CCC[C@@H]3C)c3ccc(=O)[nH]c3n2)CC1. The highest BCUT2D eigenvalue weighted by Crippen LogP contribution is 2.40. The molecule has 2 aromatic rings. The average molecular weight is 409 g/mol. The Balaban J connectivity index is 1.56. The van der Waals surface area contributed by atoms with Gasteiger partial charge < -0.3 is 10.3 Å². The van der Waals surface area contributed by atoms with E-state index >= 15 is 0 Å². The number of aromatic nitrogens is 3. The fourth-order valence-electron chi connectivity index (χ4n) is 4.39. The van der Waals surface area contributed by atoms with Gasteiger partial charge in [-0.2, -0.15) is 4.98 Å². The summed E-state index contributed by atoms with van der Waals surface area (Å²) in [6, 6.07) is 3.17. The standard InChI is InChI=1S/C19H27N5O3S/c1-12-4-3-5-14(12)17-15-6-7-16(25)21-18(15)23-19(22-17)20-13-8-10-24(11-9-13)28(2,26)27/h6-7,12-14H,3-5,8-11H2,1-2H3,(H2,20,21,22,23,25)/t12-,14+/m0/s1/i2D3. The van der Waals surface area contributed by atoms with Gasteiger partial charge in [0.15, 0.2) is 0 Å². The van der Waals surface area contributed by atoms with Crippen LogP contribution in [-0.4, -0.2) is 53.0 Å². The highest BCUT2D eigenvalue weighted by atomic mass is 32.2. The van der Waals surface area contributed by atoms with Crippen molar-refractivity contribution in [1.82, 2.24) is 19.3 Å². The first kappa shape index (κ1) is 15.9. The van der Waals surface area contributed by atoms with Gasteiger partial charge in [-0.05, 0) is 31.2 Å². The molecule has 1 saturated carbocycles. The number of nitrogens with zero attached hydrogens (tertiary/aromatic N) is 3. The van der Waals surface area contributed by atoms with Crippen molar-refractivity contribution in [3.05, 3.63) is 28.2 Å². The van der Waals surface area contributed by atoms with Crippen molar-refractivity contribution < 1.29 is 12.5 Å². The van der Waals surface area contributed by atoms with Crippen LogP contribution in [0.2, 0.25) is 0 Å². The van der Waals surface area contributed by atoms with E-state index in [1.165, 1.54) is 6.07 Å². The summed E-state index contributed by atoms with van der Waals surface area (Å²) in [6.07, 6.45) is 1.15. The molecule has 4 rings (SSSR count). The number of hydrogen-bond acceptors (Lipinski definition) is 6. The highest BCUT2D eigenvalue weighted by molar-refractivity contribution is 7.88. The molecule has 2 aliphatic rings. The van der Waals surface area contributed by atoms with Gasteiger partial charge in [-0.15, -0.1) is 0 Å². The summed E-state index contributed by atoms with van der Waals surface area (Å²) in [4.78, 5) is 23.9. The first-order valence-electron chi connectivity index (χ1n) is 11.2. The first-order chi connectivity index (χ1) is 14.6. The van der Waals surface area contributed by atoms with Gasteiger partial charge in [0.25, 0.3) is 0 Å². The maximum absolute atomic E-state index is 12.2. The zero-order chi connectivity index (χ0) is 22.4. The molecule has 8 nitrogen and oxygen atoms in total. The lowest BCUT2D eigenvalue weighted by Crippen LogP contribution is -2.42. The monoisotopic (exact) mass is 408 g/mol. The zero-order valence-corrected chi connectivity index (χ0v) is 16.6. The molecular formula is C19H27N5O3S. The van der Waals surface area contributed by atoms with Crippen LogP contribution in [0, 0.1) is 5.92 Å². The lowest BCUT2D eigenvalue weighted by Gasteiger charge is -2.30. The van der Waals surface area contributed by atoms with E-state index in [9.17, 15) is 13.2 Å². The molecule has 1 aliphatic heterocycles. The largest absolute Gasteiger partial charge is 0.351 e. The number of piperidine rings is 1. The van der Waals surface area contributed by atoms with Crippen molar-refractivity contribution in [2.45, 2.75) is 51.0 Å². The van der Waals surface area contributed by atoms with Crippen molar-refractivity contribution in [1.29, 1.82) is 0 Å². The molecule has 0 amide bonds. The third kappa shape index (κ3) is 3.91. The molecule has 0 spiro atoms. The smallest absolute Gasteiger partial charge is 0.249 e. The molecule has 28 heavy (non-hydrogen) atoms. The van der Waals surface area contributed by atoms with E-state index in [1.54, 1.807) is 6.07 Å². The Morgan fingerprint density at radius 2 is 2.00 bits per heavy atom. The predicted molar refractivity (Wildman–Crippen MR) is 109 cm³/mol. The molecule has 1 aliphatic carbocycles. The molecule has 3 heterocycles. The van der Waals surface area contributed by atoms with Gasteiger partial charge in [0.05, 0.1) is 11.9 Å². The van der Waals surface area contributed by atoms with E-state index in [-0.39, 0.29) is 24.7 Å². The summed E-state index contributed by atoms with van der Waals surface area (Å²) >= 11 is 0. The van der Waals surface area contributed by atoms with Gasteiger partial charge in [-0.1, -0.05) is 19.8 Å². The molecule has 152 valence electrons. The van der Waals surface area contributed by atoms with Crippen molar-refractivity contribution in [3.8, 4) is 0 Å². The Kier molecular flexibility index (Phi) is 4.22. The predicted octanol–water partition coefficient (Wildman–Crippen LogP) is 2.06. The number of pyridine rings is 1. The lowest BCUT2D eigenvalue weighted by molar-refractivity contribution is 0.331. The second-order valence-corrected chi connectivity index (χ2v) is 9.32. The third-order valence-electron chi connectivity index (χ3n) is 5.96. The number of sulfonamides is 1. The van der Waals surface area contributed by atoms with Crippen LogP contribution in [0.1, 0.15) is 54.8 Å². The summed E-state index contributed by atoms with van der Waals surface area (Å²) in [5.41, 5.74) is 1.18. The number of rotatable bonds is 4. The Labute approximate surface area is 169 Å². The summed E-state index contributed by atoms with van der Waals surface area (Å²) in [5.74, 6) is 1.19. The Morgan fingerprint density at radius 1 is 1.21 bits per heavy atom. The van der Waals surface area contributed by atoms with Gasteiger partial charge in [0.2, 0.25) is 21.5 Å². The summed E-state index contributed by atoms with van der Waals surface area (Å²) < 4.78 is 47.1.